The molecule has 0 aromatic heterocycles. The highest BCUT2D eigenvalue weighted by Crippen LogP contribution is 2.23. The lowest BCUT2D eigenvalue weighted by Gasteiger charge is -2.07. The van der Waals surface area contributed by atoms with E-state index in [0.29, 0.717) is 5.02 Å². The highest BCUT2D eigenvalue weighted by atomic mass is 35.5. The molecule has 0 aliphatic rings. The summed E-state index contributed by atoms with van der Waals surface area (Å²) in [5.74, 6) is -2.13. The molecule has 0 radical (unpaired) electrons. The lowest BCUT2D eigenvalue weighted by molar-refractivity contribution is 0.103. The third-order valence-corrected chi connectivity index (χ3v) is 2.99. The van der Waals surface area contributed by atoms with Gasteiger partial charge < -0.3 is 5.73 Å². The molecule has 2 aromatic rings. The summed E-state index contributed by atoms with van der Waals surface area (Å²) in [4.78, 5) is 12.2. The number of hydrogen-bond acceptors (Lipinski definition) is 2. The van der Waals surface area contributed by atoms with Crippen molar-refractivity contribution in [3.05, 3.63) is 63.7 Å². The summed E-state index contributed by atoms with van der Waals surface area (Å²) in [7, 11) is 0. The molecule has 2 rings (SSSR count). The molecule has 2 nitrogen and oxygen atoms in total. The van der Waals surface area contributed by atoms with E-state index in [0.717, 1.165) is 12.1 Å². The van der Waals surface area contributed by atoms with Crippen molar-refractivity contribution in [1.29, 1.82) is 0 Å². The number of benzene rings is 2. The Labute approximate surface area is 113 Å². The topological polar surface area (TPSA) is 43.1 Å². The van der Waals surface area contributed by atoms with Gasteiger partial charge in [0.2, 0.25) is 0 Å². The van der Waals surface area contributed by atoms with Crippen LogP contribution in [-0.4, -0.2) is 5.78 Å². The normalized spacial score (nSPS) is 10.5. The van der Waals surface area contributed by atoms with E-state index in [1.807, 2.05) is 0 Å². The van der Waals surface area contributed by atoms with Gasteiger partial charge in [0, 0.05) is 16.3 Å². The van der Waals surface area contributed by atoms with E-state index in [9.17, 15) is 13.6 Å². The first-order valence-electron chi connectivity index (χ1n) is 5.45. The predicted octanol–water partition coefficient (Wildman–Crippen LogP) is 3.74. The van der Waals surface area contributed by atoms with Crippen LogP contribution in [0.4, 0.5) is 14.5 Å². The van der Waals surface area contributed by atoms with Crippen molar-refractivity contribution in [1.82, 2.24) is 0 Å². The minimum atomic E-state index is -0.789. The maximum Gasteiger partial charge on any atom is 0.198 e. The number of nitrogen functional groups attached to an aromatic ring is 1. The molecular weight excluding hydrogens is 272 g/mol. The van der Waals surface area contributed by atoms with Crippen LogP contribution < -0.4 is 5.73 Å². The van der Waals surface area contributed by atoms with Crippen LogP contribution in [0.3, 0.4) is 0 Å². The third-order valence-electron chi connectivity index (χ3n) is 2.75. The van der Waals surface area contributed by atoms with Gasteiger partial charge >= 0.3 is 0 Å². The number of ketones is 1. The molecule has 0 amide bonds. The average molecular weight is 282 g/mol. The minimum absolute atomic E-state index is 0.0506. The third kappa shape index (κ3) is 2.58. The number of carbonyl (C=O) groups is 1. The van der Waals surface area contributed by atoms with Gasteiger partial charge in [-0.25, -0.2) is 8.78 Å². The predicted molar refractivity (Wildman–Crippen MR) is 70.4 cm³/mol. The maximum absolute atomic E-state index is 13.7. The van der Waals surface area contributed by atoms with Gasteiger partial charge in [-0.3, -0.25) is 4.79 Å². The van der Waals surface area contributed by atoms with E-state index in [-0.39, 0.29) is 22.4 Å². The smallest absolute Gasteiger partial charge is 0.198 e. The molecule has 0 atom stereocenters. The van der Waals surface area contributed by atoms with Crippen LogP contribution in [0.2, 0.25) is 5.02 Å². The van der Waals surface area contributed by atoms with Gasteiger partial charge in [-0.15, -0.1) is 0 Å². The largest absolute Gasteiger partial charge is 0.398 e. The average Bonchev–Trinajstić information content (AvgIpc) is 2.36. The molecule has 0 aliphatic carbocycles. The number of halogens is 3. The lowest BCUT2D eigenvalue weighted by Crippen LogP contribution is -2.08. The van der Waals surface area contributed by atoms with Crippen LogP contribution in [0, 0.1) is 18.6 Å². The second-order valence-electron chi connectivity index (χ2n) is 4.14. The number of carbonyl (C=O) groups excluding carboxylic acids is 1. The van der Waals surface area contributed by atoms with E-state index in [4.69, 9.17) is 17.3 Å². The molecule has 98 valence electrons. The molecule has 0 spiro atoms. The number of anilines is 1. The van der Waals surface area contributed by atoms with E-state index >= 15 is 0 Å². The summed E-state index contributed by atoms with van der Waals surface area (Å²) in [6.07, 6.45) is 0. The monoisotopic (exact) mass is 281 g/mol. The SMILES string of the molecule is Cc1cc(F)c(C(=O)c2cc(Cl)ccc2N)cc1F. The fourth-order valence-electron chi connectivity index (χ4n) is 1.69. The molecule has 0 bridgehead atoms. The number of nitrogens with two attached hydrogens (primary N) is 1. The first-order valence-corrected chi connectivity index (χ1v) is 5.83. The summed E-state index contributed by atoms with van der Waals surface area (Å²) in [5.41, 5.74) is 5.63. The molecular formula is C14H10ClF2NO. The summed E-state index contributed by atoms with van der Waals surface area (Å²) in [6, 6.07) is 6.13. The Hall–Kier alpha value is -1.94. The second-order valence-corrected chi connectivity index (χ2v) is 4.58. The summed E-state index contributed by atoms with van der Waals surface area (Å²) in [6.45, 7) is 1.42. The highest BCUT2D eigenvalue weighted by Gasteiger charge is 2.18. The molecule has 0 saturated heterocycles. The van der Waals surface area contributed by atoms with Crippen molar-refractivity contribution < 1.29 is 13.6 Å². The molecule has 2 aromatic carbocycles. The Morgan fingerprint density at radius 3 is 2.47 bits per heavy atom. The molecule has 19 heavy (non-hydrogen) atoms. The van der Waals surface area contributed by atoms with Crippen molar-refractivity contribution >= 4 is 23.1 Å². The van der Waals surface area contributed by atoms with E-state index in [1.54, 1.807) is 0 Å². The van der Waals surface area contributed by atoms with Crippen molar-refractivity contribution in [3.8, 4) is 0 Å². The Bertz CT molecular complexity index is 671. The first kappa shape index (κ1) is 13.5. The molecule has 0 heterocycles. The Kier molecular flexibility index (Phi) is 3.53. The molecule has 0 aliphatic heterocycles. The van der Waals surface area contributed by atoms with E-state index in [1.165, 1.54) is 25.1 Å². The molecule has 2 N–H and O–H groups in total. The van der Waals surface area contributed by atoms with Crippen LogP contribution in [0.15, 0.2) is 30.3 Å². The van der Waals surface area contributed by atoms with Gasteiger partial charge in [0.05, 0.1) is 5.56 Å². The summed E-state index contributed by atoms with van der Waals surface area (Å²) >= 11 is 5.77. The van der Waals surface area contributed by atoms with Gasteiger partial charge in [0.15, 0.2) is 5.78 Å². The van der Waals surface area contributed by atoms with Gasteiger partial charge in [-0.2, -0.15) is 0 Å². The van der Waals surface area contributed by atoms with Crippen molar-refractivity contribution in [2.45, 2.75) is 6.92 Å². The Balaban J connectivity index is 2.56. The van der Waals surface area contributed by atoms with Crippen molar-refractivity contribution in [2.24, 2.45) is 0 Å². The molecule has 0 fully saturated rings. The van der Waals surface area contributed by atoms with Gasteiger partial charge in [-0.1, -0.05) is 11.6 Å². The second kappa shape index (κ2) is 4.97. The summed E-state index contributed by atoms with van der Waals surface area (Å²) in [5, 5.41) is 0.297. The number of hydrogen-bond donors (Lipinski definition) is 1. The Morgan fingerprint density at radius 2 is 1.79 bits per heavy atom. The fourth-order valence-corrected chi connectivity index (χ4v) is 1.86. The Morgan fingerprint density at radius 1 is 1.11 bits per heavy atom. The fraction of sp³-hybridized carbons (Fsp3) is 0.0714. The van der Waals surface area contributed by atoms with Crippen LogP contribution >= 0.6 is 11.6 Å². The minimum Gasteiger partial charge on any atom is -0.398 e. The van der Waals surface area contributed by atoms with Crippen LogP contribution in [-0.2, 0) is 0 Å². The van der Waals surface area contributed by atoms with Crippen LogP contribution in [0.25, 0.3) is 0 Å². The zero-order valence-electron chi connectivity index (χ0n) is 10.0. The molecule has 0 unspecified atom stereocenters. The molecule has 0 saturated carbocycles. The van der Waals surface area contributed by atoms with Gasteiger partial charge in [-0.05, 0) is 42.8 Å². The van der Waals surface area contributed by atoms with Gasteiger partial charge in [0.1, 0.15) is 11.6 Å². The maximum atomic E-state index is 13.7. The number of rotatable bonds is 2. The van der Waals surface area contributed by atoms with E-state index in [2.05, 4.69) is 0 Å². The van der Waals surface area contributed by atoms with E-state index < -0.39 is 17.4 Å². The van der Waals surface area contributed by atoms with Crippen LogP contribution in [0.5, 0.6) is 0 Å². The standard InChI is InChI=1S/C14H10ClF2NO/c1-7-4-12(17)9(6-11(7)16)14(19)10-5-8(15)2-3-13(10)18/h2-6H,18H2,1H3. The molecule has 5 heteroatoms. The number of aryl methyl sites for hydroxylation is 1. The summed E-state index contributed by atoms with van der Waals surface area (Å²) < 4.78 is 27.2. The quantitative estimate of drug-likeness (QED) is 0.673. The first-order chi connectivity index (χ1) is 8.90. The van der Waals surface area contributed by atoms with Crippen molar-refractivity contribution in [2.75, 3.05) is 5.73 Å². The van der Waals surface area contributed by atoms with Crippen LogP contribution in [0.1, 0.15) is 21.5 Å². The highest BCUT2D eigenvalue weighted by molar-refractivity contribution is 6.31. The lowest BCUT2D eigenvalue weighted by atomic mass is 10.00. The van der Waals surface area contributed by atoms with Gasteiger partial charge in [0.25, 0.3) is 0 Å². The zero-order chi connectivity index (χ0) is 14.2. The zero-order valence-corrected chi connectivity index (χ0v) is 10.8. The van der Waals surface area contributed by atoms with Crippen molar-refractivity contribution in [3.63, 3.8) is 0 Å².